The summed E-state index contributed by atoms with van der Waals surface area (Å²) in [5, 5.41) is 0. The Morgan fingerprint density at radius 2 is 1.72 bits per heavy atom. The van der Waals surface area contributed by atoms with E-state index in [-0.39, 0.29) is 17.9 Å². The Kier molecular flexibility index (Phi) is 5.51. The van der Waals surface area contributed by atoms with Crippen LogP contribution in [0, 0.1) is 6.92 Å². The lowest BCUT2D eigenvalue weighted by Gasteiger charge is -2.36. The molecular formula is C23H28N4O2. The largest absolute Gasteiger partial charge is 0.368 e. The molecule has 0 aliphatic carbocycles. The van der Waals surface area contributed by atoms with Gasteiger partial charge in [-0.05, 0) is 44.0 Å². The second-order valence-corrected chi connectivity index (χ2v) is 7.91. The molecule has 1 unspecified atom stereocenters. The third kappa shape index (κ3) is 4.11. The first-order valence-electron chi connectivity index (χ1n) is 10.4. The van der Waals surface area contributed by atoms with Crippen molar-refractivity contribution in [3.63, 3.8) is 0 Å². The zero-order valence-corrected chi connectivity index (χ0v) is 17.2. The van der Waals surface area contributed by atoms with Crippen LogP contribution in [0.2, 0.25) is 0 Å². The number of hydrogen-bond donors (Lipinski definition) is 0. The van der Waals surface area contributed by atoms with E-state index in [1.165, 1.54) is 0 Å². The minimum atomic E-state index is 0.0138. The Morgan fingerprint density at radius 3 is 2.41 bits per heavy atom. The molecule has 0 saturated carbocycles. The number of benzene rings is 1. The van der Waals surface area contributed by atoms with Crippen LogP contribution in [0.15, 0.2) is 42.5 Å². The Balaban J connectivity index is 1.55. The monoisotopic (exact) mass is 392 g/mol. The van der Waals surface area contributed by atoms with Crippen molar-refractivity contribution in [2.24, 2.45) is 0 Å². The molecule has 4 rings (SSSR count). The molecular weight excluding hydrogens is 364 g/mol. The van der Waals surface area contributed by atoms with E-state index < -0.39 is 0 Å². The highest BCUT2D eigenvalue weighted by molar-refractivity contribution is 5.94. The molecule has 6 heteroatoms. The number of pyridine rings is 1. The van der Waals surface area contributed by atoms with Gasteiger partial charge in [0.2, 0.25) is 5.91 Å². The maximum absolute atomic E-state index is 13.1. The summed E-state index contributed by atoms with van der Waals surface area (Å²) in [5.41, 5.74) is 3.80. The minimum absolute atomic E-state index is 0.0138. The van der Waals surface area contributed by atoms with E-state index in [2.05, 4.69) is 17.0 Å². The van der Waals surface area contributed by atoms with Gasteiger partial charge < -0.3 is 14.7 Å². The summed E-state index contributed by atoms with van der Waals surface area (Å²) in [4.78, 5) is 35.6. The first-order chi connectivity index (χ1) is 14.0. The third-order valence-electron chi connectivity index (χ3n) is 5.92. The van der Waals surface area contributed by atoms with Crippen molar-refractivity contribution < 1.29 is 9.59 Å². The summed E-state index contributed by atoms with van der Waals surface area (Å²) in [7, 11) is 0. The van der Waals surface area contributed by atoms with Gasteiger partial charge in [-0.3, -0.25) is 14.6 Å². The van der Waals surface area contributed by atoms with Crippen LogP contribution in [0.5, 0.6) is 0 Å². The fourth-order valence-corrected chi connectivity index (χ4v) is 4.37. The topological polar surface area (TPSA) is 56.8 Å². The molecule has 2 saturated heterocycles. The number of amides is 2. The molecule has 2 aromatic rings. The summed E-state index contributed by atoms with van der Waals surface area (Å²) in [6.45, 7) is 7.53. The number of piperazine rings is 1. The maximum atomic E-state index is 13.1. The fraction of sp³-hybridized carbons (Fsp3) is 0.435. The van der Waals surface area contributed by atoms with Crippen molar-refractivity contribution in [1.82, 2.24) is 14.8 Å². The molecule has 0 bridgehead atoms. The van der Waals surface area contributed by atoms with Gasteiger partial charge in [0.05, 0.1) is 11.7 Å². The van der Waals surface area contributed by atoms with Gasteiger partial charge in [-0.1, -0.05) is 18.2 Å². The number of carbonyl (C=O) groups excluding carboxylic acids is 2. The summed E-state index contributed by atoms with van der Waals surface area (Å²) in [6.07, 6.45) is 1.93. The number of aryl methyl sites for hydroxylation is 1. The Morgan fingerprint density at radius 1 is 1.00 bits per heavy atom. The van der Waals surface area contributed by atoms with Crippen molar-refractivity contribution >= 4 is 17.5 Å². The van der Waals surface area contributed by atoms with Gasteiger partial charge in [0.15, 0.2) is 0 Å². The van der Waals surface area contributed by atoms with Gasteiger partial charge in [0.1, 0.15) is 0 Å². The van der Waals surface area contributed by atoms with Gasteiger partial charge in [0.25, 0.3) is 5.91 Å². The highest BCUT2D eigenvalue weighted by Crippen LogP contribution is 2.34. The van der Waals surface area contributed by atoms with Crippen molar-refractivity contribution in [1.29, 1.82) is 0 Å². The van der Waals surface area contributed by atoms with Crippen LogP contribution in [0.25, 0.3) is 0 Å². The summed E-state index contributed by atoms with van der Waals surface area (Å²) in [6, 6.07) is 13.7. The number of hydrogen-bond acceptors (Lipinski definition) is 4. The lowest BCUT2D eigenvalue weighted by atomic mass is 10.1. The zero-order valence-electron chi connectivity index (χ0n) is 17.2. The van der Waals surface area contributed by atoms with Gasteiger partial charge in [-0.25, -0.2) is 0 Å². The Hall–Kier alpha value is -2.89. The van der Waals surface area contributed by atoms with E-state index in [0.29, 0.717) is 0 Å². The predicted octanol–water partition coefficient (Wildman–Crippen LogP) is 3.04. The number of aromatic nitrogens is 1. The molecule has 2 aliphatic rings. The number of nitrogens with zero attached hydrogens (tertiary/aromatic N) is 4. The highest BCUT2D eigenvalue weighted by Gasteiger charge is 2.32. The Bertz CT molecular complexity index is 891. The molecule has 2 fully saturated rings. The van der Waals surface area contributed by atoms with E-state index in [4.69, 9.17) is 4.98 Å². The standard InChI is InChI=1S/C23H28N4O2/c1-17-15-20(26-13-11-25(12-14-26)18(2)28)16-21(24-17)22-9-6-10-27(22)23(29)19-7-4-3-5-8-19/h3-5,7-8,15-16,22H,6,9-14H2,1-2H3. The molecule has 0 spiro atoms. The molecule has 152 valence electrons. The third-order valence-corrected chi connectivity index (χ3v) is 5.92. The van der Waals surface area contributed by atoms with E-state index in [0.717, 1.165) is 68.2 Å². The zero-order chi connectivity index (χ0) is 20.4. The molecule has 3 heterocycles. The summed E-state index contributed by atoms with van der Waals surface area (Å²) in [5.74, 6) is 0.213. The molecule has 0 N–H and O–H groups in total. The SMILES string of the molecule is CC(=O)N1CCN(c2cc(C)nc(C3CCCN3C(=O)c3ccccc3)c2)CC1. The first-order valence-corrected chi connectivity index (χ1v) is 10.4. The van der Waals surface area contributed by atoms with E-state index in [1.807, 2.05) is 47.1 Å². The lowest BCUT2D eigenvalue weighted by molar-refractivity contribution is -0.129. The van der Waals surface area contributed by atoms with E-state index in [1.54, 1.807) is 6.92 Å². The van der Waals surface area contributed by atoms with E-state index >= 15 is 0 Å². The molecule has 2 aliphatic heterocycles. The summed E-state index contributed by atoms with van der Waals surface area (Å²) >= 11 is 0. The van der Waals surface area contributed by atoms with Crippen LogP contribution >= 0.6 is 0 Å². The van der Waals surface area contributed by atoms with Crippen LogP contribution in [0.1, 0.15) is 47.6 Å². The van der Waals surface area contributed by atoms with Crippen LogP contribution in [-0.4, -0.2) is 59.3 Å². The summed E-state index contributed by atoms with van der Waals surface area (Å²) < 4.78 is 0. The molecule has 2 amide bonds. The van der Waals surface area contributed by atoms with Crippen molar-refractivity contribution in [2.75, 3.05) is 37.6 Å². The fourth-order valence-electron chi connectivity index (χ4n) is 4.37. The van der Waals surface area contributed by atoms with Crippen molar-refractivity contribution in [3.8, 4) is 0 Å². The molecule has 1 atom stereocenters. The minimum Gasteiger partial charge on any atom is -0.368 e. The number of carbonyl (C=O) groups is 2. The quantitative estimate of drug-likeness (QED) is 0.806. The second kappa shape index (κ2) is 8.23. The maximum Gasteiger partial charge on any atom is 0.254 e. The first kappa shape index (κ1) is 19.4. The van der Waals surface area contributed by atoms with Crippen LogP contribution < -0.4 is 4.90 Å². The molecule has 1 aromatic heterocycles. The second-order valence-electron chi connectivity index (χ2n) is 7.91. The van der Waals surface area contributed by atoms with Crippen LogP contribution in [0.3, 0.4) is 0 Å². The highest BCUT2D eigenvalue weighted by atomic mass is 16.2. The number of likely N-dealkylation sites (tertiary alicyclic amines) is 1. The Labute approximate surface area is 172 Å². The van der Waals surface area contributed by atoms with Gasteiger partial charge >= 0.3 is 0 Å². The molecule has 1 aromatic carbocycles. The smallest absolute Gasteiger partial charge is 0.254 e. The van der Waals surface area contributed by atoms with Gasteiger partial charge in [0, 0.05) is 56.6 Å². The molecule has 0 radical (unpaired) electrons. The van der Waals surface area contributed by atoms with Crippen molar-refractivity contribution in [3.05, 3.63) is 59.4 Å². The average molecular weight is 393 g/mol. The molecule has 29 heavy (non-hydrogen) atoms. The normalized spacial score (nSPS) is 19.5. The van der Waals surface area contributed by atoms with Crippen LogP contribution in [0.4, 0.5) is 5.69 Å². The van der Waals surface area contributed by atoms with E-state index in [9.17, 15) is 9.59 Å². The molecule has 6 nitrogen and oxygen atoms in total. The average Bonchev–Trinajstić information content (AvgIpc) is 3.23. The van der Waals surface area contributed by atoms with Crippen LogP contribution in [-0.2, 0) is 4.79 Å². The van der Waals surface area contributed by atoms with Gasteiger partial charge in [-0.15, -0.1) is 0 Å². The predicted molar refractivity (Wildman–Crippen MR) is 113 cm³/mol. The lowest BCUT2D eigenvalue weighted by Crippen LogP contribution is -2.48. The number of anilines is 1. The number of rotatable bonds is 3. The van der Waals surface area contributed by atoms with Crippen molar-refractivity contribution in [2.45, 2.75) is 32.7 Å². The van der Waals surface area contributed by atoms with Gasteiger partial charge in [-0.2, -0.15) is 0 Å².